The lowest BCUT2D eigenvalue weighted by atomic mass is 9.99. The van der Waals surface area contributed by atoms with Crippen LogP contribution in [-0.2, 0) is 9.59 Å². The Morgan fingerprint density at radius 3 is 2.40 bits per heavy atom. The van der Waals surface area contributed by atoms with E-state index >= 15 is 0 Å². The molecule has 0 aliphatic carbocycles. The summed E-state index contributed by atoms with van der Waals surface area (Å²) in [5, 5.41) is 4.09. The Morgan fingerprint density at radius 1 is 1.40 bits per heavy atom. The van der Waals surface area contributed by atoms with Gasteiger partial charge in [0.05, 0.1) is 5.54 Å². The van der Waals surface area contributed by atoms with Gasteiger partial charge in [0.15, 0.2) is 0 Å². The molecule has 2 amide bonds. The van der Waals surface area contributed by atoms with E-state index in [1.807, 2.05) is 0 Å². The molecule has 0 radical (unpaired) electrons. The molecule has 0 aromatic heterocycles. The zero-order valence-electron chi connectivity index (χ0n) is 8.07. The topological polar surface area (TPSA) is 58.2 Å². The number of hydrogen-bond donors (Lipinski definition) is 2. The number of nitrogens with one attached hydrogen (secondary N) is 2. The van der Waals surface area contributed by atoms with Crippen molar-refractivity contribution >= 4 is 11.8 Å². The highest BCUT2D eigenvalue weighted by molar-refractivity contribution is 6.01. The van der Waals surface area contributed by atoms with Crippen LogP contribution in [0.2, 0.25) is 0 Å². The highest BCUT2D eigenvalue weighted by Crippen LogP contribution is 2.20. The van der Waals surface area contributed by atoms with Crippen LogP contribution >= 0.6 is 0 Å². The maximum Gasteiger partial charge on any atom is 0.471 e. The average molecular weight is 224 g/mol. The van der Waals surface area contributed by atoms with Crippen LogP contribution in [0, 0.1) is 0 Å². The Bertz CT molecular complexity index is 282. The lowest BCUT2D eigenvalue weighted by Gasteiger charge is -2.22. The molecule has 15 heavy (non-hydrogen) atoms. The zero-order chi connectivity index (χ0) is 11.7. The van der Waals surface area contributed by atoms with Crippen molar-refractivity contribution in [2.45, 2.75) is 31.5 Å². The van der Waals surface area contributed by atoms with Crippen LogP contribution in [0.1, 0.15) is 19.8 Å². The smallest absolute Gasteiger partial charge is 0.304 e. The molecule has 7 heteroatoms. The number of alkyl halides is 3. The normalized spacial score (nSPS) is 26.4. The summed E-state index contributed by atoms with van der Waals surface area (Å²) in [4.78, 5) is 21.8. The molecule has 1 saturated heterocycles. The van der Waals surface area contributed by atoms with Gasteiger partial charge in [0, 0.05) is 0 Å². The van der Waals surface area contributed by atoms with Crippen molar-refractivity contribution in [3.8, 4) is 0 Å². The third-order valence-corrected chi connectivity index (χ3v) is 2.35. The van der Waals surface area contributed by atoms with E-state index in [2.05, 4.69) is 5.32 Å². The minimum absolute atomic E-state index is 0.421. The second-order valence-corrected chi connectivity index (χ2v) is 3.64. The first kappa shape index (κ1) is 12.0. The van der Waals surface area contributed by atoms with E-state index in [0.29, 0.717) is 19.4 Å². The summed E-state index contributed by atoms with van der Waals surface area (Å²) in [5.74, 6) is -3.15. The third kappa shape index (κ3) is 2.68. The number of hydrogen-bond acceptors (Lipinski definition) is 3. The highest BCUT2D eigenvalue weighted by atomic mass is 19.4. The molecule has 4 nitrogen and oxygen atoms in total. The summed E-state index contributed by atoms with van der Waals surface area (Å²) in [5.41, 5.74) is -1.07. The molecule has 0 spiro atoms. The standard InChI is InChI=1S/C8H11F3N2O2/c1-7(3-2-4-12-7)5(14)13-6(15)8(9,10)11/h12H,2-4H2,1H3,(H,13,14,15)/t7-/m0/s1. The van der Waals surface area contributed by atoms with Gasteiger partial charge in [0.1, 0.15) is 0 Å². The fraction of sp³-hybridized carbons (Fsp3) is 0.750. The Kier molecular flexibility index (Phi) is 3.03. The van der Waals surface area contributed by atoms with E-state index in [1.54, 1.807) is 0 Å². The highest BCUT2D eigenvalue weighted by Gasteiger charge is 2.44. The minimum Gasteiger partial charge on any atom is -0.304 e. The number of amides is 2. The van der Waals surface area contributed by atoms with Crippen LogP contribution in [-0.4, -0.2) is 30.1 Å². The number of carbonyl (C=O) groups excluding carboxylic acids is 2. The average Bonchev–Trinajstić information content (AvgIpc) is 2.51. The van der Waals surface area contributed by atoms with Gasteiger partial charge in [-0.3, -0.25) is 14.9 Å². The van der Waals surface area contributed by atoms with Crippen LogP contribution in [0.15, 0.2) is 0 Å². The molecule has 86 valence electrons. The summed E-state index contributed by atoms with van der Waals surface area (Å²) in [6.07, 6.45) is -3.90. The molecule has 0 bridgehead atoms. The van der Waals surface area contributed by atoms with Gasteiger partial charge < -0.3 is 5.32 Å². The van der Waals surface area contributed by atoms with E-state index < -0.39 is 23.5 Å². The first-order chi connectivity index (χ1) is 6.76. The molecular formula is C8H11F3N2O2. The van der Waals surface area contributed by atoms with Gasteiger partial charge in [-0.05, 0) is 26.3 Å². The van der Waals surface area contributed by atoms with Crippen molar-refractivity contribution in [2.24, 2.45) is 0 Å². The van der Waals surface area contributed by atoms with Gasteiger partial charge in [-0.2, -0.15) is 13.2 Å². The largest absolute Gasteiger partial charge is 0.471 e. The SMILES string of the molecule is C[C@@]1(C(=O)NC(=O)C(F)(F)F)CCCN1. The number of halogens is 3. The summed E-state index contributed by atoms with van der Waals surface area (Å²) in [6.45, 7) is 2.03. The second kappa shape index (κ2) is 3.80. The zero-order valence-corrected chi connectivity index (χ0v) is 8.07. The molecule has 1 atom stereocenters. The third-order valence-electron chi connectivity index (χ3n) is 2.35. The van der Waals surface area contributed by atoms with Gasteiger partial charge in [0.25, 0.3) is 0 Å². The monoisotopic (exact) mass is 224 g/mol. The Hall–Kier alpha value is -1.11. The van der Waals surface area contributed by atoms with Crippen LogP contribution in [0.4, 0.5) is 13.2 Å². The molecule has 2 N–H and O–H groups in total. The van der Waals surface area contributed by atoms with Crippen molar-refractivity contribution in [3.05, 3.63) is 0 Å². The van der Waals surface area contributed by atoms with Crippen molar-refractivity contribution in [3.63, 3.8) is 0 Å². The predicted octanol–water partition coefficient (Wildman–Crippen LogP) is 0.334. The fourth-order valence-corrected chi connectivity index (χ4v) is 1.40. The molecule has 1 aliphatic rings. The minimum atomic E-state index is -5.02. The number of rotatable bonds is 1. The van der Waals surface area contributed by atoms with Crippen LogP contribution in [0.3, 0.4) is 0 Å². The van der Waals surface area contributed by atoms with Crippen LogP contribution in [0.25, 0.3) is 0 Å². The lowest BCUT2D eigenvalue weighted by Crippen LogP contribution is -2.55. The molecule has 1 heterocycles. The van der Waals surface area contributed by atoms with Crippen LogP contribution < -0.4 is 10.6 Å². The Labute approximate surface area is 84.2 Å². The first-order valence-electron chi connectivity index (χ1n) is 4.43. The molecular weight excluding hydrogens is 213 g/mol. The lowest BCUT2D eigenvalue weighted by molar-refractivity contribution is -0.175. The quantitative estimate of drug-likeness (QED) is 0.675. The van der Waals surface area contributed by atoms with E-state index in [1.165, 1.54) is 12.2 Å². The van der Waals surface area contributed by atoms with E-state index in [4.69, 9.17) is 0 Å². The molecule has 0 saturated carbocycles. The second-order valence-electron chi connectivity index (χ2n) is 3.64. The van der Waals surface area contributed by atoms with Crippen LogP contribution in [0.5, 0.6) is 0 Å². The molecule has 1 fully saturated rings. The molecule has 0 aromatic carbocycles. The molecule has 1 rings (SSSR count). The van der Waals surface area contributed by atoms with Crippen molar-refractivity contribution in [1.29, 1.82) is 0 Å². The number of imide groups is 1. The van der Waals surface area contributed by atoms with E-state index in [-0.39, 0.29) is 0 Å². The predicted molar refractivity (Wildman–Crippen MR) is 44.8 cm³/mol. The van der Waals surface area contributed by atoms with Crippen molar-refractivity contribution in [2.75, 3.05) is 6.54 Å². The summed E-state index contributed by atoms with van der Waals surface area (Å²) < 4.78 is 35.5. The molecule has 1 aliphatic heterocycles. The molecule has 0 unspecified atom stereocenters. The Balaban J connectivity index is 2.60. The first-order valence-corrected chi connectivity index (χ1v) is 4.43. The number of carbonyl (C=O) groups is 2. The van der Waals surface area contributed by atoms with E-state index in [0.717, 1.165) is 0 Å². The van der Waals surface area contributed by atoms with Gasteiger partial charge in [-0.15, -0.1) is 0 Å². The maximum absolute atomic E-state index is 11.8. The van der Waals surface area contributed by atoms with Gasteiger partial charge in [0.2, 0.25) is 5.91 Å². The maximum atomic E-state index is 11.8. The van der Waals surface area contributed by atoms with Gasteiger partial charge in [-0.1, -0.05) is 0 Å². The fourth-order valence-electron chi connectivity index (χ4n) is 1.40. The van der Waals surface area contributed by atoms with Gasteiger partial charge in [-0.25, -0.2) is 0 Å². The molecule has 0 aromatic rings. The van der Waals surface area contributed by atoms with Gasteiger partial charge >= 0.3 is 12.1 Å². The summed E-state index contributed by atoms with van der Waals surface area (Å²) in [6, 6.07) is 0. The Morgan fingerprint density at radius 2 is 2.00 bits per heavy atom. The van der Waals surface area contributed by atoms with Crippen molar-refractivity contribution in [1.82, 2.24) is 10.6 Å². The van der Waals surface area contributed by atoms with E-state index in [9.17, 15) is 22.8 Å². The summed E-state index contributed by atoms with van der Waals surface area (Å²) >= 11 is 0. The van der Waals surface area contributed by atoms with Crippen molar-refractivity contribution < 1.29 is 22.8 Å². The summed E-state index contributed by atoms with van der Waals surface area (Å²) in [7, 11) is 0.